The smallest absolute Gasteiger partial charge is 0.334 e. The fourth-order valence-electron chi connectivity index (χ4n) is 0.454. The summed E-state index contributed by atoms with van der Waals surface area (Å²) in [6, 6.07) is 0. The Morgan fingerprint density at radius 1 is 1.15 bits per heavy atom. The fourth-order valence-corrected chi connectivity index (χ4v) is 0.684. The van der Waals surface area contributed by atoms with Gasteiger partial charge in [-0.05, 0) is 0 Å². The monoisotopic (exact) mass is 254 g/mol. The molecule has 0 unspecified atom stereocenters. The number of nitrogens with zero attached hydrogens (tertiary/aromatic N) is 2. The molecule has 0 aliphatic heterocycles. The number of aromatic nitrogens is 2. The Hall–Kier alpha value is -0.200. The highest BCUT2D eigenvalue weighted by molar-refractivity contribution is 6.66. The molecule has 74 valence electrons. The molecule has 9 heteroatoms. The molecular weight excluding hydrogens is 255 g/mol. The summed E-state index contributed by atoms with van der Waals surface area (Å²) in [6.45, 7) is 0. The molecule has 0 atom stereocenters. The van der Waals surface area contributed by atoms with Crippen molar-refractivity contribution in [1.29, 1.82) is 0 Å². The molecule has 0 radical (unpaired) electrons. The van der Waals surface area contributed by atoms with Crippen molar-refractivity contribution in [3.63, 3.8) is 0 Å². The molecule has 0 aliphatic carbocycles. The third-order valence-corrected chi connectivity index (χ3v) is 1.41. The van der Waals surface area contributed by atoms with Gasteiger partial charge in [0.05, 0.1) is 0 Å². The lowest BCUT2D eigenvalue weighted by Gasteiger charge is -2.01. The van der Waals surface area contributed by atoms with Crippen LogP contribution in [0.3, 0.4) is 0 Å². The highest BCUT2D eigenvalue weighted by Crippen LogP contribution is 2.38. The van der Waals surface area contributed by atoms with Gasteiger partial charge in [-0.3, -0.25) is 0 Å². The lowest BCUT2D eigenvalue weighted by atomic mass is 10.6. The van der Waals surface area contributed by atoms with Crippen LogP contribution in [0.4, 0.5) is 13.2 Å². The first-order chi connectivity index (χ1) is 5.71. The van der Waals surface area contributed by atoms with Crippen molar-refractivity contribution >= 4 is 34.8 Å². The lowest BCUT2D eigenvalue weighted by Crippen LogP contribution is -2.08. The van der Waals surface area contributed by atoms with Gasteiger partial charge >= 0.3 is 6.18 Å². The van der Waals surface area contributed by atoms with E-state index < -0.39 is 21.7 Å². The van der Waals surface area contributed by atoms with E-state index in [0.717, 1.165) is 0 Å². The van der Waals surface area contributed by atoms with Crippen LogP contribution in [0.1, 0.15) is 11.7 Å². The predicted octanol–water partition coefficient (Wildman–Crippen LogP) is 2.92. The number of rotatable bonds is 0. The van der Waals surface area contributed by atoms with Crippen molar-refractivity contribution in [2.45, 2.75) is 9.97 Å². The van der Waals surface area contributed by atoms with Crippen molar-refractivity contribution in [3.8, 4) is 0 Å². The molecule has 1 rings (SSSR count). The molecule has 1 aromatic heterocycles. The molecule has 3 nitrogen and oxygen atoms in total. The number of hydrogen-bond acceptors (Lipinski definition) is 3. The van der Waals surface area contributed by atoms with Crippen LogP contribution in [0, 0.1) is 0 Å². The molecule has 0 amide bonds. The molecule has 0 saturated heterocycles. The minimum Gasteiger partial charge on any atom is -0.334 e. The summed E-state index contributed by atoms with van der Waals surface area (Å²) in [5, 5.41) is 2.59. The van der Waals surface area contributed by atoms with Gasteiger partial charge in [-0.25, -0.2) is 0 Å². The Kier molecular flexibility index (Phi) is 2.66. The maximum absolute atomic E-state index is 11.9. The average Bonchev–Trinajstić information content (AvgIpc) is 2.28. The van der Waals surface area contributed by atoms with E-state index in [1.165, 1.54) is 0 Å². The molecule has 0 aromatic carbocycles. The maximum atomic E-state index is 11.9. The number of halogens is 6. The van der Waals surface area contributed by atoms with Crippen LogP contribution in [-0.2, 0) is 9.97 Å². The Balaban J connectivity index is 3.01. The summed E-state index contributed by atoms with van der Waals surface area (Å²) in [5.41, 5.74) is 0. The molecule has 13 heavy (non-hydrogen) atoms. The van der Waals surface area contributed by atoms with Crippen molar-refractivity contribution in [2.24, 2.45) is 0 Å². The maximum Gasteiger partial charge on any atom is 0.455 e. The molecule has 0 fully saturated rings. The zero-order valence-corrected chi connectivity index (χ0v) is 7.84. The van der Waals surface area contributed by atoms with Crippen LogP contribution in [0.2, 0.25) is 0 Å². The third kappa shape index (κ3) is 2.62. The van der Waals surface area contributed by atoms with Gasteiger partial charge < -0.3 is 4.52 Å². The Morgan fingerprint density at radius 3 is 1.92 bits per heavy atom. The standard InChI is InChI=1S/C4Cl3F3N2O/c5-3(6,7)2-11-1(12-13-2)4(8,9)10. The predicted molar refractivity (Wildman–Crippen MR) is 38.5 cm³/mol. The summed E-state index contributed by atoms with van der Waals surface area (Å²) in [4.78, 5) is 2.85. The van der Waals surface area contributed by atoms with Crippen molar-refractivity contribution in [3.05, 3.63) is 11.7 Å². The zero-order valence-electron chi connectivity index (χ0n) is 5.57. The van der Waals surface area contributed by atoms with Crippen LogP contribution in [0.5, 0.6) is 0 Å². The minimum absolute atomic E-state index is 0.718. The zero-order chi connectivity index (χ0) is 10.3. The average molecular weight is 255 g/mol. The number of alkyl halides is 6. The second-order valence-electron chi connectivity index (χ2n) is 1.92. The first-order valence-electron chi connectivity index (χ1n) is 2.69. The van der Waals surface area contributed by atoms with Gasteiger partial charge in [0.2, 0.25) is 0 Å². The van der Waals surface area contributed by atoms with Crippen LogP contribution >= 0.6 is 34.8 Å². The van der Waals surface area contributed by atoms with Crippen LogP contribution < -0.4 is 0 Å². The van der Waals surface area contributed by atoms with Crippen molar-refractivity contribution < 1.29 is 17.7 Å². The molecule has 1 aromatic rings. The van der Waals surface area contributed by atoms with Gasteiger partial charge in [0.1, 0.15) is 0 Å². The lowest BCUT2D eigenvalue weighted by molar-refractivity contribution is -0.146. The van der Waals surface area contributed by atoms with Crippen LogP contribution in [0.15, 0.2) is 4.52 Å². The molecular formula is C4Cl3F3N2O. The van der Waals surface area contributed by atoms with Gasteiger partial charge in [-0.1, -0.05) is 40.0 Å². The highest BCUT2D eigenvalue weighted by atomic mass is 35.6. The summed E-state index contributed by atoms with van der Waals surface area (Å²) in [6.07, 6.45) is -4.71. The SMILES string of the molecule is FC(F)(F)c1noc(C(Cl)(Cl)Cl)n1. The molecule has 0 N–H and O–H groups in total. The summed E-state index contributed by atoms with van der Waals surface area (Å²) in [7, 11) is 0. The van der Waals surface area contributed by atoms with E-state index in [2.05, 4.69) is 14.7 Å². The third-order valence-electron chi connectivity index (χ3n) is 0.922. The van der Waals surface area contributed by atoms with E-state index in [4.69, 9.17) is 34.8 Å². The van der Waals surface area contributed by atoms with Crippen molar-refractivity contribution in [1.82, 2.24) is 10.1 Å². The van der Waals surface area contributed by atoms with Crippen molar-refractivity contribution in [2.75, 3.05) is 0 Å². The highest BCUT2D eigenvalue weighted by Gasteiger charge is 2.40. The molecule has 0 aliphatic rings. The molecule has 1 heterocycles. The van der Waals surface area contributed by atoms with E-state index in [0.29, 0.717) is 0 Å². The Labute approximate surface area is 84.8 Å². The normalized spacial score (nSPS) is 13.4. The second kappa shape index (κ2) is 3.18. The minimum atomic E-state index is -4.71. The van der Waals surface area contributed by atoms with Crippen LogP contribution in [0.25, 0.3) is 0 Å². The van der Waals surface area contributed by atoms with Crippen LogP contribution in [-0.4, -0.2) is 10.1 Å². The van der Waals surface area contributed by atoms with Gasteiger partial charge in [0.15, 0.2) is 0 Å². The summed E-state index contributed by atoms with van der Waals surface area (Å²) >= 11 is 15.6. The number of hydrogen-bond donors (Lipinski definition) is 0. The van der Waals surface area contributed by atoms with E-state index in [1.807, 2.05) is 0 Å². The molecule has 0 bridgehead atoms. The van der Waals surface area contributed by atoms with E-state index in [1.54, 1.807) is 0 Å². The fraction of sp³-hybridized carbons (Fsp3) is 0.500. The van der Waals surface area contributed by atoms with Gasteiger partial charge in [0, 0.05) is 0 Å². The van der Waals surface area contributed by atoms with E-state index >= 15 is 0 Å². The molecule has 0 spiro atoms. The first kappa shape index (κ1) is 10.9. The molecule has 0 saturated carbocycles. The largest absolute Gasteiger partial charge is 0.455 e. The Morgan fingerprint density at radius 2 is 1.69 bits per heavy atom. The second-order valence-corrected chi connectivity index (χ2v) is 4.20. The Bertz CT molecular complexity index is 276. The van der Waals surface area contributed by atoms with E-state index in [9.17, 15) is 13.2 Å². The summed E-state index contributed by atoms with van der Waals surface area (Å²) in [5.74, 6) is -2.20. The summed E-state index contributed by atoms with van der Waals surface area (Å²) < 4.78 is 37.6. The van der Waals surface area contributed by atoms with E-state index in [-0.39, 0.29) is 0 Å². The van der Waals surface area contributed by atoms with Gasteiger partial charge in [0.25, 0.3) is 15.5 Å². The van der Waals surface area contributed by atoms with Gasteiger partial charge in [-0.15, -0.1) is 0 Å². The topological polar surface area (TPSA) is 38.9 Å². The first-order valence-corrected chi connectivity index (χ1v) is 3.83. The van der Waals surface area contributed by atoms with Gasteiger partial charge in [-0.2, -0.15) is 18.2 Å². The quantitative estimate of drug-likeness (QED) is 0.669.